The first kappa shape index (κ1) is 22.8. The van der Waals surface area contributed by atoms with Crippen molar-refractivity contribution in [1.82, 2.24) is 10.2 Å². The first-order valence-electron chi connectivity index (χ1n) is 10.3. The van der Waals surface area contributed by atoms with Gasteiger partial charge >= 0.3 is 0 Å². The van der Waals surface area contributed by atoms with Crippen LogP contribution in [0.15, 0.2) is 23.1 Å². The van der Waals surface area contributed by atoms with Crippen molar-refractivity contribution in [3.05, 3.63) is 28.7 Å². The number of thioether (sulfide) groups is 1. The Morgan fingerprint density at radius 2 is 2.16 bits per heavy atom. The van der Waals surface area contributed by atoms with Crippen molar-refractivity contribution in [1.29, 1.82) is 0 Å². The second kappa shape index (κ2) is 11.0. The number of amides is 2. The van der Waals surface area contributed by atoms with Crippen molar-refractivity contribution in [2.24, 2.45) is 0 Å². The molecule has 31 heavy (non-hydrogen) atoms. The Morgan fingerprint density at radius 1 is 1.29 bits per heavy atom. The highest BCUT2D eigenvalue weighted by atomic mass is 33.1. The average molecular weight is 497 g/mol. The van der Waals surface area contributed by atoms with E-state index in [-0.39, 0.29) is 18.6 Å². The van der Waals surface area contributed by atoms with Crippen molar-refractivity contribution in [3.8, 4) is 11.5 Å². The Balaban J connectivity index is 1.20. The van der Waals surface area contributed by atoms with Crippen LogP contribution in [0.5, 0.6) is 11.5 Å². The van der Waals surface area contributed by atoms with E-state index in [1.165, 1.54) is 30.4 Å². The van der Waals surface area contributed by atoms with Crippen LogP contribution in [-0.4, -0.2) is 51.9 Å². The van der Waals surface area contributed by atoms with Gasteiger partial charge in [-0.05, 0) is 43.0 Å². The second-order valence-corrected chi connectivity index (χ2v) is 11.8. The smallest absolute Gasteiger partial charge is 0.266 e. The number of nitrogens with one attached hydrogen (secondary N) is 1. The van der Waals surface area contributed by atoms with Gasteiger partial charge < -0.3 is 14.8 Å². The molecule has 0 saturated carbocycles. The van der Waals surface area contributed by atoms with E-state index in [9.17, 15) is 9.59 Å². The summed E-state index contributed by atoms with van der Waals surface area (Å²) >= 11 is 6.65. The Morgan fingerprint density at radius 3 is 3.00 bits per heavy atom. The van der Waals surface area contributed by atoms with Gasteiger partial charge in [0, 0.05) is 30.5 Å². The molecule has 1 N–H and O–H groups in total. The number of carbonyl (C=O) groups is 2. The van der Waals surface area contributed by atoms with Crippen LogP contribution in [0.1, 0.15) is 37.7 Å². The number of benzene rings is 1. The minimum absolute atomic E-state index is 0.0368. The molecule has 2 saturated heterocycles. The van der Waals surface area contributed by atoms with Crippen LogP contribution < -0.4 is 14.8 Å². The Labute approximate surface area is 199 Å². The largest absolute Gasteiger partial charge is 0.454 e. The van der Waals surface area contributed by atoms with Crippen molar-refractivity contribution in [2.75, 3.05) is 25.6 Å². The third-order valence-electron chi connectivity index (χ3n) is 5.13. The molecule has 3 aliphatic rings. The van der Waals surface area contributed by atoms with Crippen LogP contribution in [0.25, 0.3) is 6.08 Å². The van der Waals surface area contributed by atoms with Gasteiger partial charge in [-0.1, -0.05) is 58.1 Å². The molecule has 2 amide bonds. The zero-order chi connectivity index (χ0) is 21.6. The molecule has 166 valence electrons. The van der Waals surface area contributed by atoms with Gasteiger partial charge in [0.05, 0.1) is 4.91 Å². The topological polar surface area (TPSA) is 67.9 Å². The molecule has 0 aromatic heterocycles. The van der Waals surface area contributed by atoms with Crippen LogP contribution in [-0.2, 0) is 9.59 Å². The SMILES string of the molecule is O=C(CCCCC1CCSS1)NCCN1C(=O)/C(=C/c2ccc3c(c2)OCO3)SC1=S. The molecule has 4 rings (SSSR count). The zero-order valence-electron chi connectivity index (χ0n) is 17.0. The molecule has 0 aliphatic carbocycles. The van der Waals surface area contributed by atoms with E-state index in [1.807, 2.05) is 39.8 Å². The molecule has 1 aromatic carbocycles. The number of hydrogen-bond acceptors (Lipinski definition) is 8. The number of thiocarbonyl (C=S) groups is 1. The first-order valence-corrected chi connectivity index (χ1v) is 13.9. The molecule has 3 heterocycles. The summed E-state index contributed by atoms with van der Waals surface area (Å²) < 4.78 is 11.2. The highest BCUT2D eigenvalue weighted by molar-refractivity contribution is 8.77. The molecule has 0 spiro atoms. The summed E-state index contributed by atoms with van der Waals surface area (Å²) in [5.41, 5.74) is 0.854. The molecular formula is C21H24N2O4S4. The molecule has 1 unspecified atom stereocenters. The van der Waals surface area contributed by atoms with E-state index in [4.69, 9.17) is 21.7 Å². The summed E-state index contributed by atoms with van der Waals surface area (Å²) in [7, 11) is 3.94. The van der Waals surface area contributed by atoms with Crippen LogP contribution >= 0.6 is 45.6 Å². The van der Waals surface area contributed by atoms with E-state index in [2.05, 4.69) is 5.32 Å². The second-order valence-electron chi connectivity index (χ2n) is 7.37. The van der Waals surface area contributed by atoms with E-state index in [1.54, 1.807) is 11.0 Å². The van der Waals surface area contributed by atoms with Gasteiger partial charge in [0.25, 0.3) is 5.91 Å². The quantitative estimate of drug-likeness (QED) is 0.233. The molecule has 3 aliphatic heterocycles. The standard InChI is InChI=1S/C21H24N2O4S4/c24-19(4-2-1-3-15-7-10-29-31-15)22-8-9-23-20(25)18(30-21(23)28)12-14-5-6-16-17(11-14)27-13-26-16/h5-6,11-12,15H,1-4,7-10,13H2,(H,22,24)/b18-12-. The third kappa shape index (κ3) is 6.12. The number of nitrogens with zero attached hydrogens (tertiary/aromatic N) is 1. The van der Waals surface area contributed by atoms with Crippen LogP contribution in [0, 0.1) is 0 Å². The summed E-state index contributed by atoms with van der Waals surface area (Å²) in [4.78, 5) is 26.9. The maximum absolute atomic E-state index is 12.7. The van der Waals surface area contributed by atoms with Gasteiger partial charge in [-0.3, -0.25) is 14.5 Å². The summed E-state index contributed by atoms with van der Waals surface area (Å²) in [5, 5.41) is 3.67. The van der Waals surface area contributed by atoms with E-state index in [0.29, 0.717) is 40.2 Å². The summed E-state index contributed by atoms with van der Waals surface area (Å²) in [6.45, 7) is 0.994. The summed E-state index contributed by atoms with van der Waals surface area (Å²) in [6.07, 6.45) is 6.82. The van der Waals surface area contributed by atoms with Gasteiger partial charge in [0.1, 0.15) is 4.32 Å². The number of unbranched alkanes of at least 4 members (excludes halogenated alkanes) is 1. The lowest BCUT2D eigenvalue weighted by atomic mass is 10.1. The maximum atomic E-state index is 12.7. The number of ether oxygens (including phenoxy) is 2. The fraction of sp³-hybridized carbons (Fsp3) is 0.476. The molecule has 0 bridgehead atoms. The molecule has 1 atom stereocenters. The van der Waals surface area contributed by atoms with Crippen molar-refractivity contribution >= 4 is 67.8 Å². The lowest BCUT2D eigenvalue weighted by molar-refractivity contribution is -0.124. The lowest BCUT2D eigenvalue weighted by Crippen LogP contribution is -2.37. The molecule has 2 fully saturated rings. The van der Waals surface area contributed by atoms with Crippen molar-refractivity contribution in [2.45, 2.75) is 37.4 Å². The molecule has 6 nitrogen and oxygen atoms in total. The van der Waals surface area contributed by atoms with E-state index in [0.717, 1.165) is 23.7 Å². The van der Waals surface area contributed by atoms with E-state index < -0.39 is 0 Å². The third-order valence-corrected chi connectivity index (χ3v) is 9.52. The van der Waals surface area contributed by atoms with Crippen LogP contribution in [0.3, 0.4) is 0 Å². The Bertz CT molecular complexity index is 886. The van der Waals surface area contributed by atoms with Gasteiger partial charge in [0.2, 0.25) is 12.7 Å². The highest BCUT2D eigenvalue weighted by Crippen LogP contribution is 2.40. The predicted molar refractivity (Wildman–Crippen MR) is 132 cm³/mol. The van der Waals surface area contributed by atoms with E-state index >= 15 is 0 Å². The monoisotopic (exact) mass is 496 g/mol. The predicted octanol–water partition coefficient (Wildman–Crippen LogP) is 4.45. The average Bonchev–Trinajstić information content (AvgIpc) is 3.49. The molecule has 1 aromatic rings. The minimum Gasteiger partial charge on any atom is -0.454 e. The number of hydrogen-bond donors (Lipinski definition) is 1. The maximum Gasteiger partial charge on any atom is 0.266 e. The van der Waals surface area contributed by atoms with Crippen LogP contribution in [0.2, 0.25) is 0 Å². The van der Waals surface area contributed by atoms with Gasteiger partial charge in [-0.25, -0.2) is 0 Å². The summed E-state index contributed by atoms with van der Waals surface area (Å²) in [6, 6.07) is 5.56. The van der Waals surface area contributed by atoms with Crippen LogP contribution in [0.4, 0.5) is 0 Å². The number of rotatable bonds is 9. The normalized spacial score (nSPS) is 21.4. The lowest BCUT2D eigenvalue weighted by Gasteiger charge is -2.15. The fourth-order valence-electron chi connectivity index (χ4n) is 3.46. The fourth-order valence-corrected chi connectivity index (χ4v) is 7.80. The summed E-state index contributed by atoms with van der Waals surface area (Å²) in [5.74, 6) is 2.53. The van der Waals surface area contributed by atoms with Gasteiger partial charge in [0.15, 0.2) is 11.5 Å². The zero-order valence-corrected chi connectivity index (χ0v) is 20.2. The number of carbonyl (C=O) groups excluding carboxylic acids is 2. The van der Waals surface area contributed by atoms with Gasteiger partial charge in [-0.2, -0.15) is 0 Å². The number of fused-ring (bicyclic) bond motifs is 1. The molecular weight excluding hydrogens is 473 g/mol. The highest BCUT2D eigenvalue weighted by Gasteiger charge is 2.31. The Hall–Kier alpha value is -1.36. The Kier molecular flexibility index (Phi) is 8.08. The molecule has 10 heteroatoms. The first-order chi connectivity index (χ1) is 15.1. The minimum atomic E-state index is -0.131. The van der Waals surface area contributed by atoms with Gasteiger partial charge in [-0.15, -0.1) is 0 Å². The van der Waals surface area contributed by atoms with Crippen molar-refractivity contribution < 1.29 is 19.1 Å². The van der Waals surface area contributed by atoms with Crippen molar-refractivity contribution in [3.63, 3.8) is 0 Å². The molecule has 0 radical (unpaired) electrons.